The molecule has 0 aliphatic rings. The smallest absolute Gasteiger partial charge is 0.232 e. The Morgan fingerprint density at radius 3 is 2.74 bits per heavy atom. The van der Waals surface area contributed by atoms with Crippen molar-refractivity contribution in [3.63, 3.8) is 0 Å². The lowest BCUT2D eigenvalue weighted by Crippen LogP contribution is -2.11. The Kier molecular flexibility index (Phi) is 4.07. The number of benzene rings is 1. The topological polar surface area (TPSA) is 68.4 Å². The minimum absolute atomic E-state index is 0.223. The van der Waals surface area contributed by atoms with E-state index in [2.05, 4.69) is 10.1 Å². The molecule has 6 heteroatoms. The van der Waals surface area contributed by atoms with Crippen molar-refractivity contribution < 1.29 is 14.4 Å². The zero-order valence-corrected chi connectivity index (χ0v) is 11.7. The van der Waals surface area contributed by atoms with Crippen molar-refractivity contribution in [2.24, 2.45) is 0 Å². The SMILES string of the molecule is COc1cc(Cl)ccc1-c1noc(C(C)C(C)O)n1. The van der Waals surface area contributed by atoms with Crippen LogP contribution < -0.4 is 4.74 Å². The van der Waals surface area contributed by atoms with Gasteiger partial charge in [0.25, 0.3) is 0 Å². The minimum atomic E-state index is -0.555. The molecule has 0 spiro atoms. The predicted octanol–water partition coefficient (Wildman–Crippen LogP) is 2.88. The van der Waals surface area contributed by atoms with E-state index in [0.29, 0.717) is 28.1 Å². The second kappa shape index (κ2) is 5.59. The van der Waals surface area contributed by atoms with Crippen LogP contribution in [0.15, 0.2) is 22.7 Å². The van der Waals surface area contributed by atoms with Gasteiger partial charge >= 0.3 is 0 Å². The molecule has 1 aromatic heterocycles. The van der Waals surface area contributed by atoms with Gasteiger partial charge in [-0.15, -0.1) is 0 Å². The van der Waals surface area contributed by atoms with E-state index >= 15 is 0 Å². The van der Waals surface area contributed by atoms with Gasteiger partial charge < -0.3 is 14.4 Å². The number of rotatable bonds is 4. The van der Waals surface area contributed by atoms with Gasteiger partial charge in [0, 0.05) is 5.02 Å². The van der Waals surface area contributed by atoms with Crippen LogP contribution in [0.4, 0.5) is 0 Å². The molecule has 2 atom stereocenters. The Bertz CT molecular complexity index is 569. The van der Waals surface area contributed by atoms with Gasteiger partial charge in [0.15, 0.2) is 0 Å². The van der Waals surface area contributed by atoms with Gasteiger partial charge in [-0.05, 0) is 25.1 Å². The number of ether oxygens (including phenoxy) is 1. The highest BCUT2D eigenvalue weighted by molar-refractivity contribution is 6.30. The van der Waals surface area contributed by atoms with Crippen LogP contribution in [0.2, 0.25) is 5.02 Å². The largest absolute Gasteiger partial charge is 0.496 e. The van der Waals surface area contributed by atoms with Crippen LogP contribution in [-0.4, -0.2) is 28.5 Å². The lowest BCUT2D eigenvalue weighted by Gasteiger charge is -2.08. The third-order valence-electron chi connectivity index (χ3n) is 2.96. The van der Waals surface area contributed by atoms with Crippen LogP contribution in [-0.2, 0) is 0 Å². The molecule has 5 nitrogen and oxygen atoms in total. The number of nitrogens with zero attached hydrogens (tertiary/aromatic N) is 2. The van der Waals surface area contributed by atoms with E-state index in [-0.39, 0.29) is 5.92 Å². The van der Waals surface area contributed by atoms with Crippen LogP contribution in [0.3, 0.4) is 0 Å². The highest BCUT2D eigenvalue weighted by Crippen LogP contribution is 2.31. The average Bonchev–Trinajstić information content (AvgIpc) is 2.86. The zero-order valence-electron chi connectivity index (χ0n) is 10.9. The maximum atomic E-state index is 9.52. The summed E-state index contributed by atoms with van der Waals surface area (Å²) in [5.41, 5.74) is 0.694. The van der Waals surface area contributed by atoms with Gasteiger partial charge in [-0.1, -0.05) is 23.7 Å². The van der Waals surface area contributed by atoms with Crippen LogP contribution >= 0.6 is 11.6 Å². The fraction of sp³-hybridized carbons (Fsp3) is 0.385. The molecular formula is C13H15ClN2O3. The van der Waals surface area contributed by atoms with Crippen molar-refractivity contribution in [3.8, 4) is 17.1 Å². The molecule has 0 amide bonds. The van der Waals surface area contributed by atoms with E-state index in [1.807, 2.05) is 6.92 Å². The summed E-state index contributed by atoms with van der Waals surface area (Å²) in [6, 6.07) is 5.18. The summed E-state index contributed by atoms with van der Waals surface area (Å²) >= 11 is 5.90. The number of aliphatic hydroxyl groups excluding tert-OH is 1. The molecule has 102 valence electrons. The number of hydrogen-bond acceptors (Lipinski definition) is 5. The number of aromatic nitrogens is 2. The van der Waals surface area contributed by atoms with Gasteiger partial charge in [-0.25, -0.2) is 0 Å². The molecule has 2 unspecified atom stereocenters. The normalized spacial score (nSPS) is 14.2. The van der Waals surface area contributed by atoms with Crippen LogP contribution in [0.1, 0.15) is 25.7 Å². The molecule has 0 bridgehead atoms. The van der Waals surface area contributed by atoms with Gasteiger partial charge in [0.1, 0.15) is 5.75 Å². The fourth-order valence-corrected chi connectivity index (χ4v) is 1.75. The standard InChI is InChI=1S/C13H15ClN2O3/c1-7(8(2)17)13-15-12(16-19-13)10-5-4-9(14)6-11(10)18-3/h4-8,17H,1-3H3. The lowest BCUT2D eigenvalue weighted by atomic mass is 10.1. The Balaban J connectivity index is 2.38. The number of methoxy groups -OCH3 is 1. The Labute approximate surface area is 116 Å². The van der Waals surface area contributed by atoms with Gasteiger partial charge in [-0.3, -0.25) is 0 Å². The highest BCUT2D eigenvalue weighted by Gasteiger charge is 2.20. The van der Waals surface area contributed by atoms with Crippen molar-refractivity contribution in [3.05, 3.63) is 29.1 Å². The van der Waals surface area contributed by atoms with E-state index in [1.165, 1.54) is 0 Å². The summed E-state index contributed by atoms with van der Waals surface area (Å²) in [6.07, 6.45) is -0.555. The summed E-state index contributed by atoms with van der Waals surface area (Å²) in [4.78, 5) is 4.28. The van der Waals surface area contributed by atoms with Crippen molar-refractivity contribution in [2.75, 3.05) is 7.11 Å². The highest BCUT2D eigenvalue weighted by atomic mass is 35.5. The van der Waals surface area contributed by atoms with Crippen molar-refractivity contribution in [1.29, 1.82) is 0 Å². The molecule has 0 saturated heterocycles. The molecule has 1 N–H and O–H groups in total. The monoisotopic (exact) mass is 282 g/mol. The molecule has 2 rings (SSSR count). The summed E-state index contributed by atoms with van der Waals surface area (Å²) in [7, 11) is 1.55. The van der Waals surface area contributed by atoms with Gasteiger partial charge in [0.05, 0.1) is 24.7 Å². The van der Waals surface area contributed by atoms with E-state index in [4.69, 9.17) is 20.9 Å². The van der Waals surface area contributed by atoms with Gasteiger partial charge in [0.2, 0.25) is 11.7 Å². The number of aliphatic hydroxyl groups is 1. The molecule has 0 aliphatic heterocycles. The van der Waals surface area contributed by atoms with Crippen molar-refractivity contribution >= 4 is 11.6 Å². The maximum Gasteiger partial charge on any atom is 0.232 e. The van der Waals surface area contributed by atoms with Crippen molar-refractivity contribution in [1.82, 2.24) is 10.1 Å². The van der Waals surface area contributed by atoms with Crippen LogP contribution in [0.25, 0.3) is 11.4 Å². The Hall–Kier alpha value is -1.59. The second-order valence-electron chi connectivity index (χ2n) is 4.33. The number of halogens is 1. The molecule has 1 aromatic carbocycles. The quantitative estimate of drug-likeness (QED) is 0.934. The van der Waals surface area contributed by atoms with E-state index in [0.717, 1.165) is 0 Å². The first-order valence-corrected chi connectivity index (χ1v) is 6.26. The van der Waals surface area contributed by atoms with E-state index in [9.17, 15) is 5.11 Å². The first-order chi connectivity index (χ1) is 9.02. The van der Waals surface area contributed by atoms with Crippen molar-refractivity contribution in [2.45, 2.75) is 25.9 Å². The predicted molar refractivity (Wildman–Crippen MR) is 71.4 cm³/mol. The van der Waals surface area contributed by atoms with Crippen LogP contribution in [0.5, 0.6) is 5.75 Å². The lowest BCUT2D eigenvalue weighted by molar-refractivity contribution is 0.151. The third-order valence-corrected chi connectivity index (χ3v) is 3.19. The summed E-state index contributed by atoms with van der Waals surface area (Å²) in [5, 5.41) is 14.0. The average molecular weight is 283 g/mol. The Morgan fingerprint density at radius 1 is 1.37 bits per heavy atom. The second-order valence-corrected chi connectivity index (χ2v) is 4.77. The molecule has 0 radical (unpaired) electrons. The van der Waals surface area contributed by atoms with E-state index in [1.54, 1.807) is 32.2 Å². The summed E-state index contributed by atoms with van der Waals surface area (Å²) < 4.78 is 10.4. The molecular weight excluding hydrogens is 268 g/mol. The van der Waals surface area contributed by atoms with Gasteiger partial charge in [-0.2, -0.15) is 4.98 Å². The summed E-state index contributed by atoms with van der Waals surface area (Å²) in [6.45, 7) is 3.50. The molecule has 2 aromatic rings. The fourth-order valence-electron chi connectivity index (χ4n) is 1.59. The Morgan fingerprint density at radius 2 is 2.11 bits per heavy atom. The van der Waals surface area contributed by atoms with Crippen LogP contribution in [0, 0.1) is 0 Å². The first-order valence-electron chi connectivity index (χ1n) is 5.88. The molecule has 19 heavy (non-hydrogen) atoms. The maximum absolute atomic E-state index is 9.52. The molecule has 0 aliphatic carbocycles. The molecule has 0 fully saturated rings. The molecule has 1 heterocycles. The molecule has 0 saturated carbocycles. The minimum Gasteiger partial charge on any atom is -0.496 e. The van der Waals surface area contributed by atoms with E-state index < -0.39 is 6.10 Å². The first kappa shape index (κ1) is 13.8. The summed E-state index contributed by atoms with van der Waals surface area (Å²) in [5.74, 6) is 1.15. The third kappa shape index (κ3) is 2.88. The number of hydrogen-bond donors (Lipinski definition) is 1. The zero-order chi connectivity index (χ0) is 14.0.